The minimum absolute atomic E-state index is 0.00203. The Bertz CT molecular complexity index is 593. The van der Waals surface area contributed by atoms with Crippen LogP contribution in [-0.4, -0.2) is 40.3 Å². The van der Waals surface area contributed by atoms with Crippen LogP contribution in [0.3, 0.4) is 0 Å². The van der Waals surface area contributed by atoms with Crippen LogP contribution in [0.4, 0.5) is 0 Å². The molecule has 5 heteroatoms. The van der Waals surface area contributed by atoms with Gasteiger partial charge < -0.3 is 14.5 Å². The van der Waals surface area contributed by atoms with Gasteiger partial charge in [0.25, 0.3) is 0 Å². The second-order valence-corrected chi connectivity index (χ2v) is 4.94. The van der Waals surface area contributed by atoms with E-state index >= 15 is 0 Å². The van der Waals surface area contributed by atoms with Crippen LogP contribution in [0.2, 0.25) is 0 Å². The van der Waals surface area contributed by atoms with E-state index in [0.29, 0.717) is 24.4 Å². The van der Waals surface area contributed by atoms with E-state index in [4.69, 9.17) is 4.52 Å². The highest BCUT2D eigenvalue weighted by Gasteiger charge is 2.23. The summed E-state index contributed by atoms with van der Waals surface area (Å²) in [5, 5.41) is 14.4. The summed E-state index contributed by atoms with van der Waals surface area (Å²) in [6.45, 7) is 1.14. The van der Waals surface area contributed by atoms with Gasteiger partial charge >= 0.3 is 0 Å². The highest BCUT2D eigenvalue weighted by atomic mass is 16.5. The molecule has 0 aliphatic carbocycles. The molecule has 0 radical (unpaired) electrons. The Kier molecular flexibility index (Phi) is 3.21. The Morgan fingerprint density at radius 3 is 3.16 bits per heavy atom. The van der Waals surface area contributed by atoms with Crippen LogP contribution in [0.1, 0.15) is 18.5 Å². The maximum atomic E-state index is 12.2. The normalized spacial score (nSPS) is 19.8. The second kappa shape index (κ2) is 5.01. The molecule has 1 aliphatic heterocycles. The number of aliphatic hydroxyl groups excluding tert-OH is 1. The number of β-amino-alcohol motifs (C(OH)–C–C–N with tert-alkyl or cyclic N) is 1. The molecule has 100 valence electrons. The molecule has 19 heavy (non-hydrogen) atoms. The van der Waals surface area contributed by atoms with Crippen LogP contribution < -0.4 is 0 Å². The summed E-state index contributed by atoms with van der Waals surface area (Å²) in [6.07, 6.45) is 1.46. The Labute approximate surface area is 110 Å². The summed E-state index contributed by atoms with van der Waals surface area (Å²) >= 11 is 0. The number of fused-ring (bicyclic) bond motifs is 1. The summed E-state index contributed by atoms with van der Waals surface area (Å²) in [4.78, 5) is 13.9. The zero-order valence-electron chi connectivity index (χ0n) is 10.6. The average molecular weight is 260 g/mol. The first-order valence-corrected chi connectivity index (χ1v) is 6.53. The quantitative estimate of drug-likeness (QED) is 0.885. The number of carbonyl (C=O) groups excluding carboxylic acids is 1. The lowest BCUT2D eigenvalue weighted by Crippen LogP contribution is -2.42. The van der Waals surface area contributed by atoms with Crippen LogP contribution in [0, 0.1) is 0 Å². The van der Waals surface area contributed by atoms with Crippen molar-refractivity contribution in [3.8, 4) is 0 Å². The van der Waals surface area contributed by atoms with Crippen LogP contribution in [0.25, 0.3) is 11.0 Å². The Morgan fingerprint density at radius 1 is 1.47 bits per heavy atom. The molecule has 2 aromatic rings. The fourth-order valence-corrected chi connectivity index (χ4v) is 2.50. The standard InChI is InChI=1S/C14H16N2O3/c17-10-4-3-7-16(9-10)14(18)8-12-11-5-1-2-6-13(11)19-15-12/h1-2,5-6,10,17H,3-4,7-9H2/t10-/m0/s1. The molecule has 0 spiro atoms. The molecule has 1 aromatic heterocycles. The van der Waals surface area contributed by atoms with Gasteiger partial charge in [-0.3, -0.25) is 4.79 Å². The average Bonchev–Trinajstić information content (AvgIpc) is 2.82. The second-order valence-electron chi connectivity index (χ2n) is 4.94. The number of rotatable bonds is 2. The van der Waals surface area contributed by atoms with Crippen molar-refractivity contribution in [2.24, 2.45) is 0 Å². The number of aromatic nitrogens is 1. The molecule has 5 nitrogen and oxygen atoms in total. The van der Waals surface area contributed by atoms with E-state index in [0.717, 1.165) is 18.2 Å². The fourth-order valence-electron chi connectivity index (χ4n) is 2.50. The zero-order valence-corrected chi connectivity index (χ0v) is 10.6. The molecule has 1 aliphatic rings. The highest BCUT2D eigenvalue weighted by molar-refractivity contribution is 5.86. The molecule has 1 atom stereocenters. The molecular formula is C14H16N2O3. The van der Waals surface area contributed by atoms with Crippen molar-refractivity contribution in [2.75, 3.05) is 13.1 Å². The molecule has 1 N–H and O–H groups in total. The van der Waals surface area contributed by atoms with Gasteiger partial charge in [-0.25, -0.2) is 0 Å². The van der Waals surface area contributed by atoms with E-state index in [1.165, 1.54) is 0 Å². The van der Waals surface area contributed by atoms with Gasteiger partial charge in [-0.2, -0.15) is 0 Å². The summed E-state index contributed by atoms with van der Waals surface area (Å²) in [5.74, 6) is -0.00203. The molecular weight excluding hydrogens is 244 g/mol. The van der Waals surface area contributed by atoms with Gasteiger partial charge in [-0.1, -0.05) is 17.3 Å². The first kappa shape index (κ1) is 12.2. The lowest BCUT2D eigenvalue weighted by Gasteiger charge is -2.29. The monoisotopic (exact) mass is 260 g/mol. The lowest BCUT2D eigenvalue weighted by molar-refractivity contribution is -0.133. The molecule has 1 saturated heterocycles. The van der Waals surface area contributed by atoms with Gasteiger partial charge in [0.05, 0.1) is 12.5 Å². The maximum absolute atomic E-state index is 12.2. The maximum Gasteiger partial charge on any atom is 0.228 e. The van der Waals surface area contributed by atoms with Crippen LogP contribution in [-0.2, 0) is 11.2 Å². The smallest absolute Gasteiger partial charge is 0.228 e. The van der Waals surface area contributed by atoms with Crippen molar-refractivity contribution in [1.82, 2.24) is 10.1 Å². The molecule has 1 amide bonds. The zero-order chi connectivity index (χ0) is 13.2. The summed E-state index contributed by atoms with van der Waals surface area (Å²) in [6, 6.07) is 7.51. The predicted molar refractivity (Wildman–Crippen MR) is 69.5 cm³/mol. The van der Waals surface area contributed by atoms with Crippen molar-refractivity contribution < 1.29 is 14.4 Å². The molecule has 1 fully saturated rings. The summed E-state index contributed by atoms with van der Waals surface area (Å²) < 4.78 is 5.19. The van der Waals surface area contributed by atoms with Gasteiger partial charge in [-0.05, 0) is 25.0 Å². The molecule has 2 heterocycles. The number of likely N-dealkylation sites (tertiary alicyclic amines) is 1. The molecule has 0 unspecified atom stereocenters. The first-order chi connectivity index (χ1) is 9.24. The van der Waals surface area contributed by atoms with Crippen molar-refractivity contribution in [1.29, 1.82) is 0 Å². The van der Waals surface area contributed by atoms with E-state index in [2.05, 4.69) is 5.16 Å². The largest absolute Gasteiger partial charge is 0.391 e. The lowest BCUT2D eigenvalue weighted by atomic mass is 10.1. The number of aliphatic hydroxyl groups is 1. The molecule has 0 saturated carbocycles. The van der Waals surface area contributed by atoms with Gasteiger partial charge in [-0.15, -0.1) is 0 Å². The molecule has 1 aromatic carbocycles. The Hall–Kier alpha value is -1.88. The van der Waals surface area contributed by atoms with Crippen LogP contribution >= 0.6 is 0 Å². The third-order valence-electron chi connectivity index (χ3n) is 3.52. The SMILES string of the molecule is O=C(Cc1noc2ccccc12)N1CCC[C@H](O)C1. The Morgan fingerprint density at radius 2 is 2.32 bits per heavy atom. The Balaban J connectivity index is 1.75. The van der Waals surface area contributed by atoms with E-state index in [9.17, 15) is 9.90 Å². The minimum Gasteiger partial charge on any atom is -0.391 e. The molecule has 3 rings (SSSR count). The minimum atomic E-state index is -0.397. The van der Waals surface area contributed by atoms with Crippen molar-refractivity contribution >= 4 is 16.9 Å². The van der Waals surface area contributed by atoms with Crippen molar-refractivity contribution in [3.05, 3.63) is 30.0 Å². The number of hydrogen-bond donors (Lipinski definition) is 1. The number of piperidine rings is 1. The summed E-state index contributed by atoms with van der Waals surface area (Å²) in [5.41, 5.74) is 1.37. The number of benzene rings is 1. The van der Waals surface area contributed by atoms with E-state index in [1.54, 1.807) is 4.90 Å². The number of amides is 1. The fraction of sp³-hybridized carbons (Fsp3) is 0.429. The summed E-state index contributed by atoms with van der Waals surface area (Å²) in [7, 11) is 0. The van der Waals surface area contributed by atoms with Gasteiger partial charge in [0.1, 0.15) is 5.69 Å². The van der Waals surface area contributed by atoms with E-state index in [1.807, 2.05) is 24.3 Å². The third kappa shape index (κ3) is 2.46. The molecule has 0 bridgehead atoms. The van der Waals surface area contributed by atoms with Crippen LogP contribution in [0.5, 0.6) is 0 Å². The number of nitrogens with zero attached hydrogens (tertiary/aromatic N) is 2. The van der Waals surface area contributed by atoms with Crippen molar-refractivity contribution in [3.63, 3.8) is 0 Å². The van der Waals surface area contributed by atoms with Crippen molar-refractivity contribution in [2.45, 2.75) is 25.4 Å². The number of para-hydroxylation sites is 1. The number of carbonyl (C=O) groups is 1. The highest BCUT2D eigenvalue weighted by Crippen LogP contribution is 2.19. The number of hydrogen-bond acceptors (Lipinski definition) is 4. The van der Waals surface area contributed by atoms with Gasteiger partial charge in [0.15, 0.2) is 5.58 Å². The van der Waals surface area contributed by atoms with Crippen LogP contribution in [0.15, 0.2) is 28.8 Å². The van der Waals surface area contributed by atoms with E-state index in [-0.39, 0.29) is 12.3 Å². The predicted octanol–water partition coefficient (Wildman–Crippen LogP) is 1.35. The van der Waals surface area contributed by atoms with Gasteiger partial charge in [0, 0.05) is 18.5 Å². The van der Waals surface area contributed by atoms with Gasteiger partial charge in [0.2, 0.25) is 5.91 Å². The topological polar surface area (TPSA) is 66.6 Å². The first-order valence-electron chi connectivity index (χ1n) is 6.53. The van der Waals surface area contributed by atoms with E-state index < -0.39 is 6.10 Å². The third-order valence-corrected chi connectivity index (χ3v) is 3.52.